The van der Waals surface area contributed by atoms with Gasteiger partial charge in [0.25, 0.3) is 5.89 Å². The van der Waals surface area contributed by atoms with Crippen molar-refractivity contribution < 1.29 is 9.32 Å². The first-order valence-corrected chi connectivity index (χ1v) is 11.4. The Balaban J connectivity index is 1.29. The fraction of sp³-hybridized carbons (Fsp3) is 0.583. The maximum atomic E-state index is 12.9. The minimum Gasteiger partial charge on any atom is -0.342 e. The predicted octanol–water partition coefficient (Wildman–Crippen LogP) is 4.68. The molecule has 2 aliphatic carbocycles. The first-order valence-electron chi connectivity index (χ1n) is 11.4. The van der Waals surface area contributed by atoms with Gasteiger partial charge in [-0.05, 0) is 63.0 Å². The van der Waals surface area contributed by atoms with E-state index in [-0.39, 0.29) is 11.3 Å². The van der Waals surface area contributed by atoms with Gasteiger partial charge >= 0.3 is 0 Å². The highest BCUT2D eigenvalue weighted by Gasteiger charge is 2.44. The summed E-state index contributed by atoms with van der Waals surface area (Å²) < 4.78 is 5.63. The summed E-state index contributed by atoms with van der Waals surface area (Å²) in [6, 6.07) is 3.79. The van der Waals surface area contributed by atoms with Crippen LogP contribution in [0.5, 0.6) is 0 Å². The zero-order valence-electron chi connectivity index (χ0n) is 17.6. The molecule has 1 amide bonds. The molecule has 158 valence electrons. The average Bonchev–Trinajstić information content (AvgIpc) is 3.45. The van der Waals surface area contributed by atoms with Crippen molar-refractivity contribution in [3.05, 3.63) is 42.0 Å². The zero-order chi connectivity index (χ0) is 20.4. The number of allylic oxidation sites excluding steroid dienone is 1. The van der Waals surface area contributed by atoms with E-state index in [0.717, 1.165) is 62.5 Å². The van der Waals surface area contributed by atoms with Gasteiger partial charge in [0.15, 0.2) is 5.82 Å². The van der Waals surface area contributed by atoms with E-state index >= 15 is 0 Å². The van der Waals surface area contributed by atoms with Gasteiger partial charge in [-0.2, -0.15) is 4.98 Å². The highest BCUT2D eigenvalue weighted by molar-refractivity contribution is 5.79. The fourth-order valence-corrected chi connectivity index (χ4v) is 5.00. The van der Waals surface area contributed by atoms with Crippen LogP contribution in [-0.2, 0) is 10.2 Å². The summed E-state index contributed by atoms with van der Waals surface area (Å²) >= 11 is 0. The normalized spacial score (nSPS) is 21.3. The van der Waals surface area contributed by atoms with E-state index in [0.29, 0.717) is 12.3 Å². The number of likely N-dealkylation sites (tertiary alicyclic amines) is 1. The van der Waals surface area contributed by atoms with Gasteiger partial charge in [0.1, 0.15) is 0 Å². The topological polar surface area (TPSA) is 72.1 Å². The number of pyridine rings is 1. The number of piperidine rings is 1. The number of rotatable bonds is 6. The Bertz CT molecular complexity index is 908. The lowest BCUT2D eigenvalue weighted by Gasteiger charge is -2.40. The van der Waals surface area contributed by atoms with Crippen LogP contribution in [0.3, 0.4) is 0 Å². The first kappa shape index (κ1) is 19.5. The SMILES string of the molecule is O=C(CC1=CCCCC1)N1CCC(CC2CC2)(c2noc(-c3ccncc3)n2)CC1. The molecule has 0 spiro atoms. The Morgan fingerprint density at radius 2 is 1.97 bits per heavy atom. The fourth-order valence-electron chi connectivity index (χ4n) is 5.00. The zero-order valence-corrected chi connectivity index (χ0v) is 17.6. The molecule has 6 heteroatoms. The van der Waals surface area contributed by atoms with Crippen LogP contribution in [0.1, 0.15) is 70.0 Å². The quantitative estimate of drug-likeness (QED) is 0.651. The number of amides is 1. The number of carbonyl (C=O) groups excluding carboxylic acids is 1. The van der Waals surface area contributed by atoms with Crippen molar-refractivity contribution in [2.75, 3.05) is 13.1 Å². The lowest BCUT2D eigenvalue weighted by molar-refractivity contribution is -0.132. The van der Waals surface area contributed by atoms with Gasteiger partial charge in [0.2, 0.25) is 5.91 Å². The summed E-state index contributed by atoms with van der Waals surface area (Å²) in [5.74, 6) is 2.44. The Kier molecular flexibility index (Phi) is 5.40. The van der Waals surface area contributed by atoms with Crippen molar-refractivity contribution in [3.63, 3.8) is 0 Å². The maximum Gasteiger partial charge on any atom is 0.258 e. The molecule has 2 aromatic rings. The molecule has 3 aliphatic rings. The number of nitrogens with zero attached hydrogens (tertiary/aromatic N) is 4. The summed E-state index contributed by atoms with van der Waals surface area (Å²) in [5, 5.41) is 4.41. The van der Waals surface area contributed by atoms with Gasteiger partial charge in [-0.15, -0.1) is 0 Å². The van der Waals surface area contributed by atoms with Crippen LogP contribution in [0, 0.1) is 5.92 Å². The summed E-state index contributed by atoms with van der Waals surface area (Å²) in [6.45, 7) is 1.58. The second-order valence-electron chi connectivity index (χ2n) is 9.25. The molecular weight excluding hydrogens is 376 g/mol. The molecule has 6 nitrogen and oxygen atoms in total. The summed E-state index contributed by atoms with van der Waals surface area (Å²) in [6.07, 6.45) is 16.6. The van der Waals surface area contributed by atoms with Crippen molar-refractivity contribution in [1.29, 1.82) is 0 Å². The number of aromatic nitrogens is 3. The van der Waals surface area contributed by atoms with Crippen molar-refractivity contribution in [1.82, 2.24) is 20.0 Å². The molecule has 1 saturated heterocycles. The van der Waals surface area contributed by atoms with E-state index in [9.17, 15) is 4.79 Å². The van der Waals surface area contributed by atoms with Crippen LogP contribution in [0.2, 0.25) is 0 Å². The molecule has 3 heterocycles. The number of hydrogen-bond acceptors (Lipinski definition) is 5. The molecule has 0 atom stereocenters. The lowest BCUT2D eigenvalue weighted by atomic mass is 9.73. The molecule has 1 aliphatic heterocycles. The molecule has 1 saturated carbocycles. The van der Waals surface area contributed by atoms with Crippen molar-refractivity contribution >= 4 is 5.91 Å². The molecule has 0 N–H and O–H groups in total. The van der Waals surface area contributed by atoms with Crippen LogP contribution < -0.4 is 0 Å². The van der Waals surface area contributed by atoms with Gasteiger partial charge < -0.3 is 9.42 Å². The summed E-state index contributed by atoms with van der Waals surface area (Å²) in [7, 11) is 0. The maximum absolute atomic E-state index is 12.9. The standard InChI is InChI=1S/C24H30N4O2/c29-21(16-18-4-2-1-3-5-18)28-14-10-24(11-15-28,17-19-6-7-19)23-26-22(30-27-23)20-8-12-25-13-9-20/h4,8-9,12-13,19H,1-3,5-7,10-11,14-17H2. The van der Waals surface area contributed by atoms with Crippen molar-refractivity contribution in [2.45, 2.75) is 69.6 Å². The molecule has 0 radical (unpaired) electrons. The largest absolute Gasteiger partial charge is 0.342 e. The molecule has 0 unspecified atom stereocenters. The third-order valence-corrected chi connectivity index (χ3v) is 7.04. The first-order chi connectivity index (χ1) is 14.7. The minimum atomic E-state index is -0.0726. The van der Waals surface area contributed by atoms with E-state index in [2.05, 4.69) is 21.1 Å². The van der Waals surface area contributed by atoms with Crippen LogP contribution in [-0.4, -0.2) is 39.0 Å². The summed E-state index contributed by atoms with van der Waals surface area (Å²) in [5.41, 5.74) is 2.16. The van der Waals surface area contributed by atoms with E-state index in [1.54, 1.807) is 12.4 Å². The van der Waals surface area contributed by atoms with Crippen LogP contribution in [0.15, 0.2) is 40.7 Å². The number of carbonyl (C=O) groups is 1. The average molecular weight is 407 g/mol. The molecule has 30 heavy (non-hydrogen) atoms. The Labute approximate surface area is 177 Å². The number of hydrogen-bond donors (Lipinski definition) is 0. The Morgan fingerprint density at radius 1 is 1.17 bits per heavy atom. The minimum absolute atomic E-state index is 0.0726. The van der Waals surface area contributed by atoms with E-state index in [1.807, 2.05) is 12.1 Å². The third kappa shape index (κ3) is 4.18. The second-order valence-corrected chi connectivity index (χ2v) is 9.25. The van der Waals surface area contributed by atoms with E-state index < -0.39 is 0 Å². The second kappa shape index (κ2) is 8.32. The molecule has 0 aromatic carbocycles. The third-order valence-electron chi connectivity index (χ3n) is 7.04. The van der Waals surface area contributed by atoms with Gasteiger partial charge in [-0.3, -0.25) is 9.78 Å². The summed E-state index contributed by atoms with van der Waals surface area (Å²) in [4.78, 5) is 23.8. The van der Waals surface area contributed by atoms with Gasteiger partial charge in [-0.1, -0.05) is 29.6 Å². The van der Waals surface area contributed by atoms with Crippen LogP contribution >= 0.6 is 0 Å². The van der Waals surface area contributed by atoms with Gasteiger partial charge in [0, 0.05) is 42.9 Å². The molecule has 0 bridgehead atoms. The highest BCUT2D eigenvalue weighted by atomic mass is 16.5. The molecule has 2 aromatic heterocycles. The van der Waals surface area contributed by atoms with Gasteiger partial charge in [0.05, 0.1) is 0 Å². The van der Waals surface area contributed by atoms with Crippen LogP contribution in [0.25, 0.3) is 11.5 Å². The van der Waals surface area contributed by atoms with Gasteiger partial charge in [-0.25, -0.2) is 0 Å². The Hall–Kier alpha value is -2.50. The molecular formula is C24H30N4O2. The molecule has 5 rings (SSSR count). The highest BCUT2D eigenvalue weighted by Crippen LogP contribution is 2.47. The smallest absolute Gasteiger partial charge is 0.258 e. The Morgan fingerprint density at radius 3 is 2.67 bits per heavy atom. The van der Waals surface area contributed by atoms with E-state index in [4.69, 9.17) is 9.51 Å². The lowest BCUT2D eigenvalue weighted by Crippen LogP contribution is -2.46. The van der Waals surface area contributed by atoms with Crippen LogP contribution in [0.4, 0.5) is 0 Å². The predicted molar refractivity (Wildman–Crippen MR) is 114 cm³/mol. The monoisotopic (exact) mass is 406 g/mol. The van der Waals surface area contributed by atoms with Crippen molar-refractivity contribution in [3.8, 4) is 11.5 Å². The van der Waals surface area contributed by atoms with Crippen molar-refractivity contribution in [2.24, 2.45) is 5.92 Å². The molecule has 2 fully saturated rings. The van der Waals surface area contributed by atoms with E-state index in [1.165, 1.54) is 31.3 Å².